The Balaban J connectivity index is 1.29. The number of nitrogens with zero attached hydrogens (tertiary/aromatic N) is 3. The Morgan fingerprint density at radius 3 is 2.27 bits per heavy atom. The van der Waals surface area contributed by atoms with Crippen molar-refractivity contribution in [2.45, 2.75) is 25.7 Å². The molecule has 8 rings (SSSR count). The summed E-state index contributed by atoms with van der Waals surface area (Å²) in [6, 6.07) is 41.8. The Bertz CT molecular complexity index is 2360. The molecule has 0 saturated carbocycles. The molecule has 44 heavy (non-hydrogen) atoms. The van der Waals surface area contributed by atoms with Crippen molar-refractivity contribution >= 4 is 44.5 Å². The van der Waals surface area contributed by atoms with Crippen LogP contribution in [0.25, 0.3) is 50.2 Å². The maximum Gasteiger partial charge on any atom is 0.135 e. The van der Waals surface area contributed by atoms with Gasteiger partial charge in [-0.05, 0) is 89.7 Å². The van der Waals surface area contributed by atoms with Gasteiger partial charge in [0.15, 0.2) is 0 Å². The summed E-state index contributed by atoms with van der Waals surface area (Å²) in [6.07, 6.45) is 3.92. The van der Waals surface area contributed by atoms with Crippen LogP contribution in [0.4, 0.5) is 0 Å². The molecule has 4 heteroatoms. The van der Waals surface area contributed by atoms with Crippen LogP contribution < -0.4 is 0 Å². The van der Waals surface area contributed by atoms with E-state index in [0.29, 0.717) is 17.5 Å². The van der Waals surface area contributed by atoms with Crippen LogP contribution in [0.5, 0.6) is 0 Å². The largest absolute Gasteiger partial charge is 0.456 e. The first-order valence-electron chi connectivity index (χ1n) is 14.9. The van der Waals surface area contributed by atoms with E-state index in [1.807, 2.05) is 24.3 Å². The van der Waals surface area contributed by atoms with Crippen molar-refractivity contribution in [1.82, 2.24) is 4.57 Å². The van der Waals surface area contributed by atoms with E-state index in [0.717, 1.165) is 45.2 Å². The van der Waals surface area contributed by atoms with Crippen molar-refractivity contribution in [2.75, 3.05) is 0 Å². The average Bonchev–Trinajstić information content (AvgIpc) is 3.60. The minimum absolute atomic E-state index is 0.273. The molecule has 0 spiro atoms. The molecule has 0 N–H and O–H groups in total. The standard InChI is InChI=1S/C40H27N3O/c1-25-16-31(29-14-15-39-34(21-29)33-10-4-7-13-38(33)44-39)22-35-32-9-3-6-12-37(32)43(40(25)35)36-11-5-2-8-30(36)20-26-17-27(23-41)19-28(18-26)24-42/h2-15,17-19,21-22,25H,16,20H2,1H3. The van der Waals surface area contributed by atoms with E-state index in [1.165, 1.54) is 33.3 Å². The highest BCUT2D eigenvalue weighted by Gasteiger charge is 2.27. The first kappa shape index (κ1) is 25.8. The lowest BCUT2D eigenvalue weighted by molar-refractivity contribution is 0.669. The Morgan fingerprint density at radius 1 is 0.750 bits per heavy atom. The minimum atomic E-state index is 0.273. The van der Waals surface area contributed by atoms with Crippen molar-refractivity contribution in [3.05, 3.63) is 148 Å². The molecule has 4 nitrogen and oxygen atoms in total. The van der Waals surface area contributed by atoms with Gasteiger partial charge in [-0.1, -0.05) is 67.6 Å². The minimum Gasteiger partial charge on any atom is -0.456 e. The lowest BCUT2D eigenvalue weighted by atomic mass is 9.84. The lowest BCUT2D eigenvalue weighted by Gasteiger charge is -2.25. The van der Waals surface area contributed by atoms with Gasteiger partial charge >= 0.3 is 0 Å². The van der Waals surface area contributed by atoms with Crippen LogP contribution in [-0.2, 0) is 6.42 Å². The van der Waals surface area contributed by atoms with E-state index in [1.54, 1.807) is 6.07 Å². The van der Waals surface area contributed by atoms with Crippen molar-refractivity contribution in [2.24, 2.45) is 0 Å². The molecule has 208 valence electrons. The van der Waals surface area contributed by atoms with Crippen LogP contribution in [0.3, 0.4) is 0 Å². The fourth-order valence-electron chi connectivity index (χ4n) is 6.99. The molecule has 2 aromatic heterocycles. The maximum absolute atomic E-state index is 9.55. The average molecular weight is 566 g/mol. The molecule has 0 amide bonds. The molecule has 1 aliphatic rings. The van der Waals surface area contributed by atoms with E-state index < -0.39 is 0 Å². The first-order chi connectivity index (χ1) is 21.6. The third kappa shape index (κ3) is 4.12. The smallest absolute Gasteiger partial charge is 0.135 e. The predicted octanol–water partition coefficient (Wildman–Crippen LogP) is 9.91. The zero-order valence-electron chi connectivity index (χ0n) is 24.2. The highest BCUT2D eigenvalue weighted by Crippen LogP contribution is 2.45. The molecule has 2 heterocycles. The number of furan rings is 1. The number of benzene rings is 5. The van der Waals surface area contributed by atoms with Gasteiger partial charge in [0.1, 0.15) is 11.2 Å². The van der Waals surface area contributed by atoms with Gasteiger partial charge in [0.2, 0.25) is 0 Å². The summed E-state index contributed by atoms with van der Waals surface area (Å²) in [4.78, 5) is 0. The van der Waals surface area contributed by atoms with E-state index in [2.05, 4.69) is 109 Å². The van der Waals surface area contributed by atoms with Gasteiger partial charge in [-0.15, -0.1) is 0 Å². The van der Waals surface area contributed by atoms with Crippen LogP contribution in [0, 0.1) is 22.7 Å². The molecule has 1 atom stereocenters. The number of nitriles is 2. The Labute approximate surface area is 255 Å². The van der Waals surface area contributed by atoms with Crippen molar-refractivity contribution in [1.29, 1.82) is 10.5 Å². The fraction of sp³-hybridized carbons (Fsp3) is 0.100. The van der Waals surface area contributed by atoms with Gasteiger partial charge in [-0.2, -0.15) is 10.5 Å². The van der Waals surface area contributed by atoms with E-state index in [4.69, 9.17) is 4.42 Å². The number of hydrogen-bond donors (Lipinski definition) is 0. The Morgan fingerprint density at radius 2 is 1.45 bits per heavy atom. The second-order valence-corrected chi connectivity index (χ2v) is 11.7. The Hall–Kier alpha value is -5.84. The molecule has 1 aliphatic carbocycles. The van der Waals surface area contributed by atoms with Crippen molar-refractivity contribution in [3.63, 3.8) is 0 Å². The summed E-state index contributed by atoms with van der Waals surface area (Å²) >= 11 is 0. The van der Waals surface area contributed by atoms with E-state index in [9.17, 15) is 10.5 Å². The maximum atomic E-state index is 9.55. The SMILES string of the molecule is CC1CC(c2ccc3oc4ccccc4c3c2)=Cc2c1n(-c1ccccc1Cc1cc(C#N)cc(C#N)c1)c1ccccc21. The molecule has 1 unspecified atom stereocenters. The van der Waals surface area contributed by atoms with E-state index >= 15 is 0 Å². The van der Waals surface area contributed by atoms with Crippen molar-refractivity contribution < 1.29 is 4.42 Å². The van der Waals surface area contributed by atoms with Gasteiger partial charge < -0.3 is 8.98 Å². The fourth-order valence-corrected chi connectivity index (χ4v) is 6.99. The number of aromatic nitrogens is 1. The molecule has 0 fully saturated rings. The Kier molecular flexibility index (Phi) is 5.97. The van der Waals surface area contributed by atoms with Crippen molar-refractivity contribution in [3.8, 4) is 17.8 Å². The number of para-hydroxylation sites is 3. The monoisotopic (exact) mass is 565 g/mol. The van der Waals surface area contributed by atoms with Gasteiger partial charge in [0.25, 0.3) is 0 Å². The summed E-state index contributed by atoms with van der Waals surface area (Å²) in [5.41, 5.74) is 12.4. The third-order valence-corrected chi connectivity index (χ3v) is 8.89. The van der Waals surface area contributed by atoms with Crippen LogP contribution >= 0.6 is 0 Å². The van der Waals surface area contributed by atoms with Gasteiger partial charge in [0.05, 0.1) is 28.8 Å². The third-order valence-electron chi connectivity index (χ3n) is 8.89. The molecule has 7 aromatic rings. The van der Waals surface area contributed by atoms with Gasteiger partial charge in [-0.25, -0.2) is 0 Å². The molecule has 0 radical (unpaired) electrons. The highest BCUT2D eigenvalue weighted by molar-refractivity contribution is 6.07. The quantitative estimate of drug-likeness (QED) is 0.213. The number of allylic oxidation sites excluding steroid dienone is 1. The zero-order chi connectivity index (χ0) is 29.8. The summed E-state index contributed by atoms with van der Waals surface area (Å²) in [5, 5.41) is 22.6. The van der Waals surface area contributed by atoms with Gasteiger partial charge in [0, 0.05) is 39.0 Å². The second-order valence-electron chi connectivity index (χ2n) is 11.7. The molecular weight excluding hydrogens is 538 g/mol. The van der Waals surface area contributed by atoms with Gasteiger partial charge in [-0.3, -0.25) is 0 Å². The van der Waals surface area contributed by atoms with Crippen LogP contribution in [0.1, 0.15) is 58.3 Å². The lowest BCUT2D eigenvalue weighted by Crippen LogP contribution is -2.11. The normalized spacial score (nSPS) is 14.3. The molecule has 0 saturated heterocycles. The molecule has 0 bridgehead atoms. The highest BCUT2D eigenvalue weighted by atomic mass is 16.3. The number of hydrogen-bond acceptors (Lipinski definition) is 3. The molecular formula is C40H27N3O. The van der Waals surface area contributed by atoms with Crippen LogP contribution in [0.15, 0.2) is 114 Å². The predicted molar refractivity (Wildman–Crippen MR) is 177 cm³/mol. The molecule has 0 aliphatic heterocycles. The van der Waals surface area contributed by atoms with E-state index in [-0.39, 0.29) is 5.92 Å². The van der Waals surface area contributed by atoms with Crippen LogP contribution in [0.2, 0.25) is 0 Å². The van der Waals surface area contributed by atoms with Crippen LogP contribution in [-0.4, -0.2) is 4.57 Å². The number of rotatable bonds is 4. The topological polar surface area (TPSA) is 65.7 Å². The zero-order valence-corrected chi connectivity index (χ0v) is 24.2. The summed E-state index contributed by atoms with van der Waals surface area (Å²) in [6.45, 7) is 2.32. The summed E-state index contributed by atoms with van der Waals surface area (Å²) < 4.78 is 8.54. The second kappa shape index (κ2) is 10.2. The molecule has 5 aromatic carbocycles. The first-order valence-corrected chi connectivity index (χ1v) is 14.9. The summed E-state index contributed by atoms with van der Waals surface area (Å²) in [7, 11) is 0. The summed E-state index contributed by atoms with van der Waals surface area (Å²) in [5.74, 6) is 0.273. The number of fused-ring (bicyclic) bond motifs is 6.